The van der Waals surface area contributed by atoms with Crippen molar-refractivity contribution in [2.75, 3.05) is 11.0 Å². The molecule has 0 bridgehead atoms. The van der Waals surface area contributed by atoms with Crippen molar-refractivity contribution < 1.29 is 8.42 Å². The highest BCUT2D eigenvalue weighted by molar-refractivity contribution is 9.10. The molecule has 1 N–H and O–H groups in total. The maximum Gasteiger partial charge on any atom is 0.229 e. The van der Waals surface area contributed by atoms with E-state index in [9.17, 15) is 8.42 Å². The van der Waals surface area contributed by atoms with Crippen LogP contribution in [-0.2, 0) is 10.0 Å². The van der Waals surface area contributed by atoms with Crippen LogP contribution < -0.4 is 4.72 Å². The zero-order valence-electron chi connectivity index (χ0n) is 7.26. The lowest BCUT2D eigenvalue weighted by atomic mass is 10.2. The van der Waals surface area contributed by atoms with E-state index in [1.165, 1.54) is 0 Å². The number of anilines is 1. The zero-order chi connectivity index (χ0) is 10.1. The summed E-state index contributed by atoms with van der Waals surface area (Å²) in [5, 5.41) is 0. The van der Waals surface area contributed by atoms with E-state index >= 15 is 0 Å². The third-order valence-corrected chi connectivity index (χ3v) is 2.67. The minimum Gasteiger partial charge on any atom is -0.282 e. The van der Waals surface area contributed by atoms with Crippen LogP contribution in [0, 0.1) is 13.0 Å². The van der Waals surface area contributed by atoms with Crippen molar-refractivity contribution in [1.29, 1.82) is 0 Å². The second-order valence-electron chi connectivity index (χ2n) is 2.70. The Morgan fingerprint density at radius 1 is 1.54 bits per heavy atom. The molecular weight excluding hydrogens is 254 g/mol. The summed E-state index contributed by atoms with van der Waals surface area (Å²) in [5.41, 5.74) is 1.31. The van der Waals surface area contributed by atoms with Gasteiger partial charge in [0.15, 0.2) is 0 Å². The Hall–Kier alpha value is -0.550. The standard InChI is InChI=1S/C8H9BrNO2S/c1-6-4-3-5-7(9)8(6)10-13(2,11)12/h3,5,10H,1-2H3. The molecule has 0 fully saturated rings. The molecule has 1 aromatic rings. The van der Waals surface area contributed by atoms with E-state index < -0.39 is 10.0 Å². The van der Waals surface area contributed by atoms with E-state index in [4.69, 9.17) is 0 Å². The van der Waals surface area contributed by atoms with Crippen LogP contribution in [0.3, 0.4) is 0 Å². The fourth-order valence-electron chi connectivity index (χ4n) is 0.885. The highest BCUT2D eigenvalue weighted by Crippen LogP contribution is 2.25. The molecule has 0 spiro atoms. The maximum atomic E-state index is 11.0. The molecule has 0 aliphatic heterocycles. The van der Waals surface area contributed by atoms with Crippen molar-refractivity contribution in [3.05, 3.63) is 28.2 Å². The molecule has 0 aliphatic carbocycles. The first-order chi connectivity index (χ1) is 5.90. The SMILES string of the molecule is Cc1[c]ccc(Br)c1NS(C)(=O)=O. The molecule has 5 heteroatoms. The van der Waals surface area contributed by atoms with Crippen molar-refractivity contribution in [2.45, 2.75) is 6.92 Å². The smallest absolute Gasteiger partial charge is 0.229 e. The summed E-state index contributed by atoms with van der Waals surface area (Å²) in [6.45, 7) is 1.79. The molecule has 3 nitrogen and oxygen atoms in total. The number of benzene rings is 1. The Morgan fingerprint density at radius 3 is 2.62 bits per heavy atom. The summed E-state index contributed by atoms with van der Waals surface area (Å²) in [6, 6.07) is 6.37. The lowest BCUT2D eigenvalue weighted by Crippen LogP contribution is -2.11. The van der Waals surface area contributed by atoms with Crippen LogP contribution in [0.25, 0.3) is 0 Å². The van der Waals surface area contributed by atoms with Gasteiger partial charge in [0.2, 0.25) is 10.0 Å². The molecule has 1 aromatic carbocycles. The summed E-state index contributed by atoms with van der Waals surface area (Å²) in [5.74, 6) is 0. The van der Waals surface area contributed by atoms with Crippen LogP contribution in [0.5, 0.6) is 0 Å². The van der Waals surface area contributed by atoms with E-state index in [-0.39, 0.29) is 0 Å². The van der Waals surface area contributed by atoms with Crippen LogP contribution in [-0.4, -0.2) is 14.7 Å². The summed E-state index contributed by atoms with van der Waals surface area (Å²) in [7, 11) is -3.22. The van der Waals surface area contributed by atoms with Gasteiger partial charge in [-0.05, 0) is 40.5 Å². The van der Waals surface area contributed by atoms with Gasteiger partial charge in [0.05, 0.1) is 11.9 Å². The number of hydrogen-bond donors (Lipinski definition) is 1. The van der Waals surface area contributed by atoms with Gasteiger partial charge in [0, 0.05) is 4.47 Å². The summed E-state index contributed by atoms with van der Waals surface area (Å²) in [4.78, 5) is 0. The van der Waals surface area contributed by atoms with Gasteiger partial charge in [-0.3, -0.25) is 4.72 Å². The predicted octanol–water partition coefficient (Wildman–Crippen LogP) is 1.93. The largest absolute Gasteiger partial charge is 0.282 e. The molecular formula is C8H9BrNO2S. The third kappa shape index (κ3) is 3.00. The highest BCUT2D eigenvalue weighted by Gasteiger charge is 2.07. The van der Waals surface area contributed by atoms with E-state index in [1.54, 1.807) is 19.1 Å². The van der Waals surface area contributed by atoms with Gasteiger partial charge in [-0.2, -0.15) is 0 Å². The first kappa shape index (κ1) is 10.5. The molecule has 0 saturated heterocycles. The summed E-state index contributed by atoms with van der Waals surface area (Å²) in [6.07, 6.45) is 1.12. The van der Waals surface area contributed by atoms with Crippen LogP contribution in [0.15, 0.2) is 16.6 Å². The number of hydrogen-bond acceptors (Lipinski definition) is 2. The second kappa shape index (κ2) is 3.67. The first-order valence-electron chi connectivity index (χ1n) is 3.55. The van der Waals surface area contributed by atoms with Crippen LogP contribution in [0.1, 0.15) is 5.56 Å². The van der Waals surface area contributed by atoms with Crippen molar-refractivity contribution in [3.8, 4) is 0 Å². The minimum absolute atomic E-state index is 0.546. The molecule has 0 aromatic heterocycles. The average Bonchev–Trinajstić information content (AvgIpc) is 1.95. The zero-order valence-corrected chi connectivity index (χ0v) is 9.66. The number of halogens is 1. The lowest BCUT2D eigenvalue weighted by molar-refractivity contribution is 0.606. The topological polar surface area (TPSA) is 46.2 Å². The molecule has 13 heavy (non-hydrogen) atoms. The fourth-order valence-corrected chi connectivity index (χ4v) is 2.18. The van der Waals surface area contributed by atoms with Crippen molar-refractivity contribution >= 4 is 31.6 Å². The summed E-state index contributed by atoms with van der Waals surface area (Å²) >= 11 is 3.25. The van der Waals surface area contributed by atoms with Crippen LogP contribution >= 0.6 is 15.9 Å². The van der Waals surface area contributed by atoms with Gasteiger partial charge >= 0.3 is 0 Å². The average molecular weight is 263 g/mol. The number of nitrogens with one attached hydrogen (secondary N) is 1. The molecule has 1 rings (SSSR count). The fraction of sp³-hybridized carbons (Fsp3) is 0.250. The minimum atomic E-state index is -3.22. The van der Waals surface area contributed by atoms with Gasteiger partial charge in [-0.1, -0.05) is 6.07 Å². The Labute approximate surface area is 86.3 Å². The Bertz CT molecular complexity index is 394. The van der Waals surface area contributed by atoms with Crippen molar-refractivity contribution in [1.82, 2.24) is 0 Å². The normalized spacial score (nSPS) is 11.3. The Balaban J connectivity index is 3.15. The van der Waals surface area contributed by atoms with E-state index in [0.29, 0.717) is 10.2 Å². The number of rotatable bonds is 2. The molecule has 0 atom stereocenters. The molecule has 0 aliphatic rings. The van der Waals surface area contributed by atoms with E-state index in [1.807, 2.05) is 0 Å². The molecule has 0 heterocycles. The van der Waals surface area contributed by atoms with Gasteiger partial charge < -0.3 is 0 Å². The second-order valence-corrected chi connectivity index (χ2v) is 5.30. The van der Waals surface area contributed by atoms with Gasteiger partial charge in [0.1, 0.15) is 0 Å². The monoisotopic (exact) mass is 262 g/mol. The highest BCUT2D eigenvalue weighted by atomic mass is 79.9. The predicted molar refractivity (Wildman–Crippen MR) is 56.2 cm³/mol. The van der Waals surface area contributed by atoms with E-state index in [0.717, 1.165) is 11.8 Å². The van der Waals surface area contributed by atoms with Gasteiger partial charge in [0.25, 0.3) is 0 Å². The van der Waals surface area contributed by atoms with Crippen molar-refractivity contribution in [2.24, 2.45) is 0 Å². The molecule has 71 valence electrons. The molecule has 0 unspecified atom stereocenters. The maximum absolute atomic E-state index is 11.0. The first-order valence-corrected chi connectivity index (χ1v) is 6.23. The van der Waals surface area contributed by atoms with Gasteiger partial charge in [-0.25, -0.2) is 8.42 Å². The Kier molecular flexibility index (Phi) is 2.98. The van der Waals surface area contributed by atoms with E-state index in [2.05, 4.69) is 26.7 Å². The van der Waals surface area contributed by atoms with Crippen LogP contribution in [0.2, 0.25) is 0 Å². The van der Waals surface area contributed by atoms with Crippen molar-refractivity contribution in [3.63, 3.8) is 0 Å². The molecule has 1 radical (unpaired) electrons. The quantitative estimate of drug-likeness (QED) is 0.886. The number of aryl methyl sites for hydroxylation is 1. The van der Waals surface area contributed by atoms with Crippen LogP contribution in [0.4, 0.5) is 5.69 Å². The molecule has 0 saturated carbocycles. The third-order valence-electron chi connectivity index (χ3n) is 1.43. The van der Waals surface area contributed by atoms with Gasteiger partial charge in [-0.15, -0.1) is 0 Å². The molecule has 0 amide bonds. The Morgan fingerprint density at radius 2 is 2.15 bits per heavy atom. The number of sulfonamides is 1. The lowest BCUT2D eigenvalue weighted by Gasteiger charge is -2.08. The summed E-state index contributed by atoms with van der Waals surface area (Å²) < 4.78 is 25.0.